The number of carbonyl (C=O) groups is 1. The van der Waals surface area contributed by atoms with Crippen LogP contribution >= 0.6 is 0 Å². The monoisotopic (exact) mass is 378 g/mol. The summed E-state index contributed by atoms with van der Waals surface area (Å²) in [7, 11) is 1.67. The molecular formula is C25H18N2O2. The Hall–Kier alpha value is -3.92. The zero-order valence-electron chi connectivity index (χ0n) is 15.9. The van der Waals surface area contributed by atoms with Gasteiger partial charge in [-0.2, -0.15) is 0 Å². The summed E-state index contributed by atoms with van der Waals surface area (Å²) < 4.78 is 7.47. The third-order valence-corrected chi connectivity index (χ3v) is 5.18. The molecule has 0 atom stereocenters. The zero-order chi connectivity index (χ0) is 19.8. The predicted molar refractivity (Wildman–Crippen MR) is 117 cm³/mol. The van der Waals surface area contributed by atoms with Gasteiger partial charge in [0.1, 0.15) is 12.0 Å². The summed E-state index contributed by atoms with van der Waals surface area (Å²) in [4.78, 5) is 15.7. The topological polar surface area (TPSA) is 43.6 Å². The quantitative estimate of drug-likeness (QED) is 0.305. The molecule has 4 nitrogen and oxygen atoms in total. The lowest BCUT2D eigenvalue weighted by Gasteiger charge is -2.09. The van der Waals surface area contributed by atoms with Gasteiger partial charge >= 0.3 is 0 Å². The van der Waals surface area contributed by atoms with Gasteiger partial charge in [-0.25, -0.2) is 4.98 Å². The fourth-order valence-corrected chi connectivity index (χ4v) is 3.82. The largest absolute Gasteiger partial charge is 0.497 e. The highest BCUT2D eigenvalue weighted by Gasteiger charge is 2.15. The number of hydrogen-bond acceptors (Lipinski definition) is 3. The Kier molecular flexibility index (Phi) is 4.10. The molecular weight excluding hydrogens is 360 g/mol. The first-order valence-corrected chi connectivity index (χ1v) is 9.38. The lowest BCUT2D eigenvalue weighted by molar-refractivity contribution is -0.104. The Balaban J connectivity index is 1.86. The van der Waals surface area contributed by atoms with E-state index in [9.17, 15) is 4.79 Å². The fourth-order valence-electron chi connectivity index (χ4n) is 3.82. The molecule has 0 aliphatic heterocycles. The van der Waals surface area contributed by atoms with Crippen molar-refractivity contribution in [3.63, 3.8) is 0 Å². The van der Waals surface area contributed by atoms with Gasteiger partial charge in [0.2, 0.25) is 0 Å². The van der Waals surface area contributed by atoms with Crippen molar-refractivity contribution in [2.45, 2.75) is 0 Å². The van der Waals surface area contributed by atoms with Gasteiger partial charge < -0.3 is 9.14 Å². The van der Waals surface area contributed by atoms with Crippen LogP contribution in [0.2, 0.25) is 0 Å². The molecule has 0 N–H and O–H groups in total. The van der Waals surface area contributed by atoms with Crippen LogP contribution in [-0.2, 0) is 4.79 Å². The number of benzene rings is 2. The molecule has 2 aromatic carbocycles. The molecule has 0 amide bonds. The van der Waals surface area contributed by atoms with Crippen molar-refractivity contribution in [2.75, 3.05) is 7.11 Å². The number of rotatable bonds is 4. The van der Waals surface area contributed by atoms with Crippen LogP contribution in [0.4, 0.5) is 0 Å². The van der Waals surface area contributed by atoms with Gasteiger partial charge in [0.15, 0.2) is 0 Å². The summed E-state index contributed by atoms with van der Waals surface area (Å²) in [5.41, 5.74) is 6.03. The van der Waals surface area contributed by atoms with Crippen molar-refractivity contribution in [1.29, 1.82) is 0 Å². The average molecular weight is 378 g/mol. The number of aldehydes is 1. The molecule has 0 bridgehead atoms. The van der Waals surface area contributed by atoms with Gasteiger partial charge in [-0.15, -0.1) is 0 Å². The van der Waals surface area contributed by atoms with E-state index in [-0.39, 0.29) is 0 Å². The van der Waals surface area contributed by atoms with Crippen LogP contribution in [-0.4, -0.2) is 22.8 Å². The SMILES string of the molecule is COc1ccc(-c2nc3ccccc3c3cc4cc(/C=C/C=O)ccn4c23)cc1. The molecule has 0 spiro atoms. The summed E-state index contributed by atoms with van der Waals surface area (Å²) in [6.45, 7) is 0. The summed E-state index contributed by atoms with van der Waals surface area (Å²) in [5, 5.41) is 2.27. The first kappa shape index (κ1) is 17.2. The second kappa shape index (κ2) is 6.91. The Morgan fingerprint density at radius 1 is 0.966 bits per heavy atom. The van der Waals surface area contributed by atoms with Crippen LogP contribution in [0.3, 0.4) is 0 Å². The van der Waals surface area contributed by atoms with Crippen LogP contribution < -0.4 is 4.74 Å². The molecule has 3 aromatic heterocycles. The fraction of sp³-hybridized carbons (Fsp3) is 0.0400. The summed E-state index contributed by atoms with van der Waals surface area (Å²) in [5.74, 6) is 0.817. The van der Waals surface area contributed by atoms with Crippen molar-refractivity contribution in [3.05, 3.63) is 84.6 Å². The van der Waals surface area contributed by atoms with Crippen molar-refractivity contribution >= 4 is 39.7 Å². The maximum Gasteiger partial charge on any atom is 0.142 e. The van der Waals surface area contributed by atoms with Crippen LogP contribution in [0.15, 0.2) is 79.0 Å². The average Bonchev–Trinajstić information content (AvgIpc) is 3.16. The van der Waals surface area contributed by atoms with Gasteiger partial charge in [-0.3, -0.25) is 4.79 Å². The van der Waals surface area contributed by atoms with Gasteiger partial charge in [0, 0.05) is 28.0 Å². The highest BCUT2D eigenvalue weighted by molar-refractivity contribution is 6.12. The molecule has 5 rings (SSSR count). The summed E-state index contributed by atoms with van der Waals surface area (Å²) in [6.07, 6.45) is 6.14. The number of carbonyl (C=O) groups excluding carboxylic acids is 1. The number of pyridine rings is 2. The molecule has 0 aliphatic rings. The zero-order valence-corrected chi connectivity index (χ0v) is 15.9. The lowest BCUT2D eigenvalue weighted by atomic mass is 10.1. The van der Waals surface area contributed by atoms with Crippen LogP contribution in [0.5, 0.6) is 5.75 Å². The van der Waals surface area contributed by atoms with Crippen LogP contribution in [0, 0.1) is 0 Å². The molecule has 0 fully saturated rings. The normalized spacial score (nSPS) is 11.6. The van der Waals surface area contributed by atoms with Crippen molar-refractivity contribution in [3.8, 4) is 17.0 Å². The maximum atomic E-state index is 10.7. The molecule has 3 heterocycles. The van der Waals surface area contributed by atoms with E-state index in [1.54, 1.807) is 7.11 Å². The van der Waals surface area contributed by atoms with Crippen molar-refractivity contribution in [2.24, 2.45) is 0 Å². The summed E-state index contributed by atoms with van der Waals surface area (Å²) in [6, 6.07) is 22.4. The minimum absolute atomic E-state index is 0.790. The van der Waals surface area contributed by atoms with E-state index in [1.165, 1.54) is 6.08 Å². The van der Waals surface area contributed by atoms with E-state index in [0.717, 1.165) is 56.2 Å². The van der Waals surface area contributed by atoms with Gasteiger partial charge in [0.05, 0.1) is 23.8 Å². The third-order valence-electron chi connectivity index (χ3n) is 5.18. The summed E-state index contributed by atoms with van der Waals surface area (Å²) >= 11 is 0. The van der Waals surface area contributed by atoms with E-state index in [0.29, 0.717) is 0 Å². The van der Waals surface area contributed by atoms with Crippen molar-refractivity contribution < 1.29 is 9.53 Å². The third kappa shape index (κ3) is 2.86. The number of allylic oxidation sites excluding steroid dienone is 1. The molecule has 4 heteroatoms. The number of nitrogens with zero attached hydrogens (tertiary/aromatic N) is 2. The Bertz CT molecular complexity index is 1400. The number of hydrogen-bond donors (Lipinski definition) is 0. The van der Waals surface area contributed by atoms with Gasteiger partial charge in [-0.1, -0.05) is 24.3 Å². The molecule has 5 aromatic rings. The molecule has 140 valence electrons. The number of fused-ring (bicyclic) bond motifs is 5. The van der Waals surface area contributed by atoms with Crippen molar-refractivity contribution in [1.82, 2.24) is 9.38 Å². The van der Waals surface area contributed by atoms with Gasteiger partial charge in [0.25, 0.3) is 0 Å². The highest BCUT2D eigenvalue weighted by Crippen LogP contribution is 2.35. The number of aromatic nitrogens is 2. The number of para-hydroxylation sites is 1. The van der Waals surface area contributed by atoms with E-state index < -0.39 is 0 Å². The smallest absolute Gasteiger partial charge is 0.142 e. The van der Waals surface area contributed by atoms with Gasteiger partial charge in [-0.05, 0) is 60.2 Å². The number of ether oxygens (including phenoxy) is 1. The minimum Gasteiger partial charge on any atom is -0.497 e. The predicted octanol–water partition coefficient (Wildman–Crippen LogP) is 5.53. The van der Waals surface area contributed by atoms with E-state index in [1.807, 2.05) is 60.8 Å². The molecule has 0 saturated carbocycles. The van der Waals surface area contributed by atoms with E-state index in [4.69, 9.17) is 9.72 Å². The Labute approximate surface area is 167 Å². The second-order valence-corrected chi connectivity index (χ2v) is 6.86. The van der Waals surface area contributed by atoms with Crippen LogP contribution in [0.25, 0.3) is 44.7 Å². The number of methoxy groups -OCH3 is 1. The second-order valence-electron chi connectivity index (χ2n) is 6.86. The molecule has 0 saturated heterocycles. The Morgan fingerprint density at radius 2 is 1.79 bits per heavy atom. The van der Waals surface area contributed by atoms with Crippen LogP contribution in [0.1, 0.15) is 5.56 Å². The first-order valence-electron chi connectivity index (χ1n) is 9.38. The highest BCUT2D eigenvalue weighted by atomic mass is 16.5. The van der Waals surface area contributed by atoms with E-state index in [2.05, 4.69) is 22.6 Å². The Morgan fingerprint density at radius 3 is 2.59 bits per heavy atom. The molecule has 29 heavy (non-hydrogen) atoms. The lowest BCUT2D eigenvalue weighted by Crippen LogP contribution is -1.92. The standard InChI is InChI=1S/C25H18N2O2/c1-29-20-10-8-18(9-11-20)24-25-22(21-6-2-3-7-23(21)26-24)16-19-15-17(5-4-14-28)12-13-27(19)25/h2-16H,1H3/b5-4+. The van der Waals surface area contributed by atoms with E-state index >= 15 is 0 Å². The first-order chi connectivity index (χ1) is 14.3. The minimum atomic E-state index is 0.790. The molecule has 0 radical (unpaired) electrons. The molecule has 0 aliphatic carbocycles. The molecule has 0 unspecified atom stereocenters. The maximum absolute atomic E-state index is 10.7.